The lowest BCUT2D eigenvalue weighted by molar-refractivity contribution is -0.149. The van der Waals surface area contributed by atoms with Gasteiger partial charge in [-0.05, 0) is 25.7 Å². The fourth-order valence-corrected chi connectivity index (χ4v) is 3.26. The van der Waals surface area contributed by atoms with Gasteiger partial charge in [-0.1, -0.05) is 6.92 Å². The van der Waals surface area contributed by atoms with Crippen LogP contribution in [-0.4, -0.2) is 37.7 Å². The molecule has 3 atom stereocenters. The molecule has 0 aromatic heterocycles. The number of rotatable bonds is 4. The summed E-state index contributed by atoms with van der Waals surface area (Å²) in [6.45, 7) is 5.51. The highest BCUT2D eigenvalue weighted by Gasteiger charge is 2.55. The molecule has 0 aliphatic carbocycles. The zero-order valence-electron chi connectivity index (χ0n) is 11.0. The molecule has 3 unspecified atom stereocenters. The fraction of sp³-hybridized carbons (Fsp3) is 0.846. The summed E-state index contributed by atoms with van der Waals surface area (Å²) in [7, 11) is 0. The molecule has 1 amide bonds. The van der Waals surface area contributed by atoms with Crippen molar-refractivity contribution in [1.29, 1.82) is 0 Å². The van der Waals surface area contributed by atoms with Crippen molar-refractivity contribution in [2.24, 2.45) is 11.3 Å². The van der Waals surface area contributed by atoms with E-state index in [0.29, 0.717) is 19.6 Å². The number of amides is 1. The molecule has 1 N–H and O–H groups in total. The first-order valence-electron chi connectivity index (χ1n) is 6.67. The van der Waals surface area contributed by atoms with Crippen molar-refractivity contribution in [1.82, 2.24) is 5.32 Å². The third-order valence-corrected chi connectivity index (χ3v) is 4.29. The quantitative estimate of drug-likeness (QED) is 0.757. The summed E-state index contributed by atoms with van der Waals surface area (Å²) < 4.78 is 10.5. The van der Waals surface area contributed by atoms with Gasteiger partial charge in [0.25, 0.3) is 0 Å². The van der Waals surface area contributed by atoms with Crippen LogP contribution in [0.2, 0.25) is 0 Å². The summed E-state index contributed by atoms with van der Waals surface area (Å²) in [5.41, 5.74) is -0.333. The summed E-state index contributed by atoms with van der Waals surface area (Å²) in [5.74, 6) is -0.102. The van der Waals surface area contributed by atoms with E-state index in [1.165, 1.54) is 0 Å². The summed E-state index contributed by atoms with van der Waals surface area (Å²) in [6, 6.07) is -0.512. The molecule has 0 aromatic carbocycles. The minimum Gasteiger partial charge on any atom is -0.464 e. The van der Waals surface area contributed by atoms with Gasteiger partial charge in [-0.25, -0.2) is 4.79 Å². The summed E-state index contributed by atoms with van der Waals surface area (Å²) in [5, 5.41) is 2.79. The number of esters is 1. The van der Waals surface area contributed by atoms with Crippen LogP contribution in [0.25, 0.3) is 0 Å². The first-order chi connectivity index (χ1) is 8.64. The molecule has 2 fully saturated rings. The average Bonchev–Trinajstić information content (AvgIpc) is 2.96. The van der Waals surface area contributed by atoms with Crippen LogP contribution in [-0.2, 0) is 19.1 Å². The lowest BCUT2D eigenvalue weighted by Crippen LogP contribution is -2.48. The van der Waals surface area contributed by atoms with Gasteiger partial charge in [0, 0.05) is 18.4 Å². The number of carbonyl (C=O) groups excluding carboxylic acids is 2. The normalized spacial score (nSPS) is 35.6. The van der Waals surface area contributed by atoms with Gasteiger partial charge in [-0.2, -0.15) is 0 Å². The number of hydrogen-bond donors (Lipinski definition) is 1. The van der Waals surface area contributed by atoms with E-state index in [1.54, 1.807) is 6.92 Å². The van der Waals surface area contributed by atoms with Crippen molar-refractivity contribution >= 4 is 11.9 Å². The van der Waals surface area contributed by atoms with E-state index >= 15 is 0 Å². The zero-order chi connectivity index (χ0) is 13.2. The van der Waals surface area contributed by atoms with E-state index < -0.39 is 6.04 Å². The van der Waals surface area contributed by atoms with E-state index in [9.17, 15) is 9.59 Å². The van der Waals surface area contributed by atoms with Gasteiger partial charge < -0.3 is 14.8 Å². The van der Waals surface area contributed by atoms with Gasteiger partial charge in [-0.3, -0.25) is 4.79 Å². The van der Waals surface area contributed by atoms with Crippen molar-refractivity contribution in [3.63, 3.8) is 0 Å². The van der Waals surface area contributed by atoms with Gasteiger partial charge in [0.05, 0.1) is 13.2 Å². The van der Waals surface area contributed by atoms with E-state index in [2.05, 4.69) is 5.32 Å². The number of nitrogens with one attached hydrogen (secondary N) is 1. The SMILES string of the molecule is CCOC(=O)C1NC(=O)CC1(CC)C1CCOC1. The Morgan fingerprint density at radius 3 is 2.89 bits per heavy atom. The summed E-state index contributed by atoms with van der Waals surface area (Å²) >= 11 is 0. The number of hydrogen-bond acceptors (Lipinski definition) is 4. The van der Waals surface area contributed by atoms with Crippen molar-refractivity contribution < 1.29 is 19.1 Å². The predicted octanol–water partition coefficient (Wildman–Crippen LogP) is 0.871. The van der Waals surface area contributed by atoms with Crippen molar-refractivity contribution in [2.75, 3.05) is 19.8 Å². The van der Waals surface area contributed by atoms with Crippen LogP contribution in [0.4, 0.5) is 0 Å². The number of ether oxygens (including phenoxy) is 2. The van der Waals surface area contributed by atoms with Crippen LogP contribution in [0.1, 0.15) is 33.1 Å². The second kappa shape index (κ2) is 5.26. The Morgan fingerprint density at radius 1 is 1.56 bits per heavy atom. The Bertz CT molecular complexity index is 338. The van der Waals surface area contributed by atoms with E-state index in [-0.39, 0.29) is 23.2 Å². The molecular weight excluding hydrogens is 234 g/mol. The molecular formula is C13H21NO4. The molecule has 0 saturated carbocycles. The zero-order valence-corrected chi connectivity index (χ0v) is 11.0. The maximum absolute atomic E-state index is 12.0. The fourth-order valence-electron chi connectivity index (χ4n) is 3.26. The minimum atomic E-state index is -0.512. The van der Waals surface area contributed by atoms with E-state index in [1.807, 2.05) is 6.92 Å². The lowest BCUT2D eigenvalue weighted by atomic mass is 9.67. The molecule has 0 aromatic rings. The molecule has 2 aliphatic rings. The highest BCUT2D eigenvalue weighted by atomic mass is 16.5. The largest absolute Gasteiger partial charge is 0.464 e. The standard InChI is InChI=1S/C13H21NO4/c1-3-13(9-5-6-17-8-9)7-10(15)14-11(13)12(16)18-4-2/h9,11H,3-8H2,1-2H3,(H,14,15). The predicted molar refractivity (Wildman–Crippen MR) is 64.8 cm³/mol. The van der Waals surface area contributed by atoms with Crippen LogP contribution in [0, 0.1) is 11.3 Å². The van der Waals surface area contributed by atoms with Gasteiger partial charge in [0.2, 0.25) is 5.91 Å². The van der Waals surface area contributed by atoms with Crippen molar-refractivity contribution in [3.8, 4) is 0 Å². The Balaban J connectivity index is 2.24. The minimum absolute atomic E-state index is 0.0539. The molecule has 0 radical (unpaired) electrons. The Morgan fingerprint density at radius 2 is 2.33 bits per heavy atom. The molecule has 2 aliphatic heterocycles. The monoisotopic (exact) mass is 255 g/mol. The maximum atomic E-state index is 12.0. The van der Waals surface area contributed by atoms with Crippen LogP contribution in [0.15, 0.2) is 0 Å². The molecule has 0 bridgehead atoms. The molecule has 18 heavy (non-hydrogen) atoms. The third kappa shape index (κ3) is 2.11. The van der Waals surface area contributed by atoms with E-state index in [0.717, 1.165) is 19.4 Å². The third-order valence-electron chi connectivity index (χ3n) is 4.29. The van der Waals surface area contributed by atoms with Crippen LogP contribution in [0.3, 0.4) is 0 Å². The average molecular weight is 255 g/mol. The molecule has 0 spiro atoms. The van der Waals surface area contributed by atoms with Gasteiger partial charge in [0.1, 0.15) is 6.04 Å². The maximum Gasteiger partial charge on any atom is 0.329 e. The van der Waals surface area contributed by atoms with Gasteiger partial charge >= 0.3 is 5.97 Å². The second-order valence-electron chi connectivity index (χ2n) is 5.08. The lowest BCUT2D eigenvalue weighted by Gasteiger charge is -2.36. The highest BCUT2D eigenvalue weighted by molar-refractivity contribution is 5.90. The molecule has 2 saturated heterocycles. The van der Waals surface area contributed by atoms with E-state index in [4.69, 9.17) is 9.47 Å². The van der Waals surface area contributed by atoms with Gasteiger partial charge in [-0.15, -0.1) is 0 Å². The second-order valence-corrected chi connectivity index (χ2v) is 5.08. The Hall–Kier alpha value is -1.10. The molecule has 5 heteroatoms. The topological polar surface area (TPSA) is 64.6 Å². The molecule has 5 nitrogen and oxygen atoms in total. The Kier molecular flexibility index (Phi) is 3.90. The van der Waals surface area contributed by atoms with Crippen LogP contribution >= 0.6 is 0 Å². The summed E-state index contributed by atoms with van der Waals surface area (Å²) in [6.07, 6.45) is 2.10. The van der Waals surface area contributed by atoms with Crippen molar-refractivity contribution in [3.05, 3.63) is 0 Å². The van der Waals surface area contributed by atoms with Gasteiger partial charge in [0.15, 0.2) is 0 Å². The smallest absolute Gasteiger partial charge is 0.329 e. The first kappa shape index (κ1) is 13.3. The Labute approximate surface area is 107 Å². The summed E-state index contributed by atoms with van der Waals surface area (Å²) in [4.78, 5) is 23.8. The highest BCUT2D eigenvalue weighted by Crippen LogP contribution is 2.46. The van der Waals surface area contributed by atoms with Crippen molar-refractivity contribution in [2.45, 2.75) is 39.2 Å². The molecule has 2 rings (SSSR count). The molecule has 2 heterocycles. The van der Waals surface area contributed by atoms with Crippen LogP contribution in [0.5, 0.6) is 0 Å². The molecule has 102 valence electrons. The number of carbonyl (C=O) groups is 2. The van der Waals surface area contributed by atoms with Crippen LogP contribution < -0.4 is 5.32 Å². The first-order valence-corrected chi connectivity index (χ1v) is 6.67.